The normalized spacial score (nSPS) is 10.6. The van der Waals surface area contributed by atoms with Crippen LogP contribution in [0.1, 0.15) is 29.8 Å². The molecule has 7 nitrogen and oxygen atoms in total. The fraction of sp³-hybridized carbons (Fsp3) is 0.238. The van der Waals surface area contributed by atoms with Crippen molar-refractivity contribution >= 4 is 45.7 Å². The third-order valence-corrected chi connectivity index (χ3v) is 5.87. The highest BCUT2D eigenvalue weighted by Crippen LogP contribution is 2.26. The molecule has 1 aromatic heterocycles. The number of nitrogens with zero attached hydrogens (tertiary/aromatic N) is 2. The largest absolute Gasteiger partial charge is 0.358 e. The summed E-state index contributed by atoms with van der Waals surface area (Å²) in [6.45, 7) is 4.46. The number of aromatic nitrogens is 2. The number of rotatable bonds is 9. The Kier molecular flexibility index (Phi) is 7.81. The van der Waals surface area contributed by atoms with Crippen LogP contribution >= 0.6 is 23.1 Å². The van der Waals surface area contributed by atoms with E-state index in [1.165, 1.54) is 23.1 Å². The van der Waals surface area contributed by atoms with Crippen LogP contribution in [0.2, 0.25) is 0 Å². The molecule has 0 saturated carbocycles. The van der Waals surface area contributed by atoms with Crippen LogP contribution in [0.15, 0.2) is 58.9 Å². The van der Waals surface area contributed by atoms with Crippen molar-refractivity contribution in [3.8, 4) is 0 Å². The highest BCUT2D eigenvalue weighted by molar-refractivity contribution is 8.01. The molecule has 0 aliphatic rings. The van der Waals surface area contributed by atoms with Gasteiger partial charge in [-0.25, -0.2) is 0 Å². The standard InChI is InChI=1S/C21H23N5O2S2/c1-14(2)23-20-25-26-21(30-20)29-13-18(27)24-17-11-7-6-10-16(17)19(28)22-12-15-8-4-3-5-9-15/h3-11,14H,12-13H2,1-2H3,(H,22,28)(H,23,25)(H,24,27). The van der Waals surface area contributed by atoms with Gasteiger partial charge in [0.05, 0.1) is 17.0 Å². The van der Waals surface area contributed by atoms with Gasteiger partial charge in [-0.05, 0) is 31.5 Å². The maximum Gasteiger partial charge on any atom is 0.253 e. The highest BCUT2D eigenvalue weighted by atomic mass is 32.2. The van der Waals surface area contributed by atoms with Gasteiger partial charge in [-0.3, -0.25) is 9.59 Å². The van der Waals surface area contributed by atoms with Crippen LogP contribution in [0.5, 0.6) is 0 Å². The Labute approximate surface area is 183 Å². The van der Waals surface area contributed by atoms with Gasteiger partial charge < -0.3 is 16.0 Å². The zero-order valence-corrected chi connectivity index (χ0v) is 18.3. The molecule has 0 bridgehead atoms. The number of para-hydroxylation sites is 1. The molecular weight excluding hydrogens is 418 g/mol. The van der Waals surface area contributed by atoms with E-state index in [9.17, 15) is 9.59 Å². The average molecular weight is 442 g/mol. The maximum atomic E-state index is 12.6. The van der Waals surface area contributed by atoms with Crippen molar-refractivity contribution in [3.05, 3.63) is 65.7 Å². The van der Waals surface area contributed by atoms with Crippen LogP contribution in [0, 0.1) is 0 Å². The van der Waals surface area contributed by atoms with Gasteiger partial charge in [0.1, 0.15) is 0 Å². The molecule has 0 aliphatic carbocycles. The van der Waals surface area contributed by atoms with Gasteiger partial charge in [-0.15, -0.1) is 10.2 Å². The Morgan fingerprint density at radius 1 is 1.03 bits per heavy atom. The Morgan fingerprint density at radius 3 is 2.53 bits per heavy atom. The number of thioether (sulfide) groups is 1. The van der Waals surface area contributed by atoms with E-state index < -0.39 is 0 Å². The van der Waals surface area contributed by atoms with Gasteiger partial charge in [0.2, 0.25) is 11.0 Å². The highest BCUT2D eigenvalue weighted by Gasteiger charge is 2.14. The van der Waals surface area contributed by atoms with Crippen molar-refractivity contribution in [1.82, 2.24) is 15.5 Å². The summed E-state index contributed by atoms with van der Waals surface area (Å²) in [7, 11) is 0. The van der Waals surface area contributed by atoms with Crippen LogP contribution in [-0.4, -0.2) is 33.8 Å². The third kappa shape index (κ3) is 6.57. The Bertz CT molecular complexity index is 992. The quantitative estimate of drug-likeness (QED) is 0.434. The summed E-state index contributed by atoms with van der Waals surface area (Å²) < 4.78 is 0.710. The zero-order valence-electron chi connectivity index (χ0n) is 16.7. The first-order valence-electron chi connectivity index (χ1n) is 9.45. The first-order valence-corrected chi connectivity index (χ1v) is 11.3. The predicted molar refractivity (Wildman–Crippen MR) is 122 cm³/mol. The van der Waals surface area contributed by atoms with Crippen molar-refractivity contribution in [1.29, 1.82) is 0 Å². The summed E-state index contributed by atoms with van der Waals surface area (Å²) in [5, 5.41) is 17.7. The fourth-order valence-electron chi connectivity index (χ4n) is 2.55. The predicted octanol–water partition coefficient (Wildman–Crippen LogP) is 4.02. The Hall–Kier alpha value is -2.91. The number of hydrogen-bond donors (Lipinski definition) is 3. The van der Waals surface area contributed by atoms with Crippen LogP contribution in [0.3, 0.4) is 0 Å². The lowest BCUT2D eigenvalue weighted by Crippen LogP contribution is -2.25. The van der Waals surface area contributed by atoms with Crippen LogP contribution < -0.4 is 16.0 Å². The number of carbonyl (C=O) groups is 2. The molecule has 0 aliphatic heterocycles. The second kappa shape index (κ2) is 10.7. The van der Waals surface area contributed by atoms with Gasteiger partial charge in [-0.1, -0.05) is 65.6 Å². The lowest BCUT2D eigenvalue weighted by atomic mass is 10.1. The van der Waals surface area contributed by atoms with Gasteiger partial charge in [0, 0.05) is 12.6 Å². The number of amides is 2. The van der Waals surface area contributed by atoms with E-state index in [4.69, 9.17) is 0 Å². The first-order chi connectivity index (χ1) is 14.5. The average Bonchev–Trinajstić information content (AvgIpc) is 3.18. The van der Waals surface area contributed by atoms with Crippen molar-refractivity contribution in [2.24, 2.45) is 0 Å². The number of anilines is 2. The van der Waals surface area contributed by atoms with E-state index >= 15 is 0 Å². The minimum atomic E-state index is -0.240. The SMILES string of the molecule is CC(C)Nc1nnc(SCC(=O)Nc2ccccc2C(=O)NCc2ccccc2)s1. The molecule has 2 amide bonds. The smallest absolute Gasteiger partial charge is 0.253 e. The number of hydrogen-bond acceptors (Lipinski definition) is 7. The molecule has 0 spiro atoms. The summed E-state index contributed by atoms with van der Waals surface area (Å²) >= 11 is 2.72. The minimum absolute atomic E-state index is 0.177. The molecular formula is C21H23N5O2S2. The summed E-state index contributed by atoms with van der Waals surface area (Å²) in [4.78, 5) is 25.0. The number of nitrogens with one attached hydrogen (secondary N) is 3. The zero-order chi connectivity index (χ0) is 21.3. The summed E-state index contributed by atoms with van der Waals surface area (Å²) in [5.41, 5.74) is 1.91. The molecule has 156 valence electrons. The van der Waals surface area contributed by atoms with E-state index in [2.05, 4.69) is 26.1 Å². The van der Waals surface area contributed by atoms with Crippen molar-refractivity contribution in [2.75, 3.05) is 16.4 Å². The van der Waals surface area contributed by atoms with Crippen molar-refractivity contribution in [2.45, 2.75) is 30.8 Å². The van der Waals surface area contributed by atoms with E-state index in [-0.39, 0.29) is 23.6 Å². The van der Waals surface area contributed by atoms with Gasteiger partial charge >= 0.3 is 0 Å². The number of benzene rings is 2. The minimum Gasteiger partial charge on any atom is -0.358 e. The van der Waals surface area contributed by atoms with Gasteiger partial charge in [0.15, 0.2) is 4.34 Å². The molecule has 0 saturated heterocycles. The van der Waals surface area contributed by atoms with E-state index in [0.717, 1.165) is 10.7 Å². The monoisotopic (exact) mass is 441 g/mol. The first kappa shape index (κ1) is 21.8. The van der Waals surface area contributed by atoms with E-state index in [1.54, 1.807) is 24.3 Å². The van der Waals surface area contributed by atoms with Crippen LogP contribution in [-0.2, 0) is 11.3 Å². The maximum absolute atomic E-state index is 12.6. The van der Waals surface area contributed by atoms with Crippen molar-refractivity contribution in [3.63, 3.8) is 0 Å². The molecule has 9 heteroatoms. The Balaban J connectivity index is 1.55. The van der Waals surface area contributed by atoms with E-state index in [1.807, 2.05) is 44.2 Å². The molecule has 30 heavy (non-hydrogen) atoms. The van der Waals surface area contributed by atoms with Crippen molar-refractivity contribution < 1.29 is 9.59 Å². The second-order valence-corrected chi connectivity index (χ2v) is 8.92. The summed E-state index contributed by atoms with van der Waals surface area (Å²) in [6, 6.07) is 16.9. The summed E-state index contributed by atoms with van der Waals surface area (Å²) in [6.07, 6.45) is 0. The second-order valence-electron chi connectivity index (χ2n) is 6.72. The molecule has 3 aromatic rings. The van der Waals surface area contributed by atoms with E-state index in [0.29, 0.717) is 22.1 Å². The number of carbonyl (C=O) groups excluding carboxylic acids is 2. The molecule has 0 atom stereocenters. The van der Waals surface area contributed by atoms with Gasteiger partial charge in [-0.2, -0.15) is 0 Å². The topological polar surface area (TPSA) is 96.0 Å². The van der Waals surface area contributed by atoms with Crippen LogP contribution in [0.4, 0.5) is 10.8 Å². The molecule has 3 N–H and O–H groups in total. The molecule has 1 heterocycles. The molecule has 0 fully saturated rings. The molecule has 3 rings (SSSR count). The lowest BCUT2D eigenvalue weighted by Gasteiger charge is -2.11. The Morgan fingerprint density at radius 2 is 1.77 bits per heavy atom. The molecule has 0 unspecified atom stereocenters. The van der Waals surface area contributed by atoms with Crippen LogP contribution in [0.25, 0.3) is 0 Å². The van der Waals surface area contributed by atoms with Gasteiger partial charge in [0.25, 0.3) is 5.91 Å². The third-order valence-electron chi connectivity index (χ3n) is 3.89. The lowest BCUT2D eigenvalue weighted by molar-refractivity contribution is -0.113. The molecule has 2 aromatic carbocycles. The molecule has 0 radical (unpaired) electrons. The fourth-order valence-corrected chi connectivity index (χ4v) is 4.25. The summed E-state index contributed by atoms with van der Waals surface area (Å²) in [5.74, 6) is -0.274.